The largest absolute Gasteiger partial charge is 0.351 e. The molecule has 4 nitrogen and oxygen atoms in total. The molecule has 0 atom stereocenters. The van der Waals surface area contributed by atoms with E-state index in [-0.39, 0.29) is 5.91 Å². The summed E-state index contributed by atoms with van der Waals surface area (Å²) in [5.74, 6) is -0.0567. The predicted molar refractivity (Wildman–Crippen MR) is 80.8 cm³/mol. The number of hydrogen-bond donors (Lipinski definition) is 2. The smallest absolute Gasteiger partial charge is 0.267 e. The highest BCUT2D eigenvalue weighted by Crippen LogP contribution is 2.23. The summed E-state index contributed by atoms with van der Waals surface area (Å²) in [6, 6.07) is 9.85. The first-order chi connectivity index (χ1) is 9.79. The lowest BCUT2D eigenvalue weighted by Crippen LogP contribution is -2.24. The number of carbonyl (C=O) groups excluding carboxylic acids is 1. The lowest BCUT2D eigenvalue weighted by molar-refractivity contribution is 0.0949. The van der Waals surface area contributed by atoms with E-state index in [1.54, 1.807) is 6.20 Å². The minimum atomic E-state index is -0.0567. The number of nitrogens with zero attached hydrogens (tertiary/aromatic N) is 1. The Kier molecular flexibility index (Phi) is 3.37. The molecule has 0 bridgehead atoms. The molecule has 0 saturated carbocycles. The zero-order valence-electron chi connectivity index (χ0n) is 11.4. The van der Waals surface area contributed by atoms with Gasteiger partial charge in [0.05, 0.1) is 11.0 Å². The molecule has 0 aliphatic carbocycles. The van der Waals surface area contributed by atoms with Gasteiger partial charge in [-0.3, -0.25) is 9.78 Å². The molecule has 2 N–H and O–H groups in total. The van der Waals surface area contributed by atoms with Crippen molar-refractivity contribution in [3.63, 3.8) is 0 Å². The number of benzene rings is 1. The summed E-state index contributed by atoms with van der Waals surface area (Å²) in [5, 5.41) is 5.00. The van der Waals surface area contributed by atoms with Crippen molar-refractivity contribution in [3.05, 3.63) is 42.2 Å². The van der Waals surface area contributed by atoms with Crippen LogP contribution in [-0.2, 0) is 0 Å². The van der Waals surface area contributed by atoms with Crippen molar-refractivity contribution in [2.45, 2.75) is 19.8 Å². The number of nitrogens with one attached hydrogen (secondary N) is 2. The van der Waals surface area contributed by atoms with Crippen molar-refractivity contribution in [2.75, 3.05) is 6.54 Å². The number of fused-ring (bicyclic) bond motifs is 3. The Hall–Kier alpha value is -2.36. The maximum Gasteiger partial charge on any atom is 0.267 e. The fraction of sp³-hybridized carbons (Fsp3) is 0.250. The van der Waals surface area contributed by atoms with Crippen molar-refractivity contribution >= 4 is 27.7 Å². The van der Waals surface area contributed by atoms with E-state index >= 15 is 0 Å². The topological polar surface area (TPSA) is 57.8 Å². The first-order valence-corrected chi connectivity index (χ1v) is 6.94. The average Bonchev–Trinajstić information content (AvgIpc) is 2.92. The molecule has 20 heavy (non-hydrogen) atoms. The van der Waals surface area contributed by atoms with E-state index in [1.807, 2.05) is 30.3 Å². The Bertz CT molecular complexity index is 761. The summed E-state index contributed by atoms with van der Waals surface area (Å²) in [6.07, 6.45) is 3.83. The van der Waals surface area contributed by atoms with Crippen LogP contribution in [0.25, 0.3) is 21.8 Å². The Morgan fingerprint density at radius 3 is 3.00 bits per heavy atom. The van der Waals surface area contributed by atoms with Gasteiger partial charge in [0.15, 0.2) is 0 Å². The van der Waals surface area contributed by atoms with E-state index < -0.39 is 0 Å². The van der Waals surface area contributed by atoms with Crippen LogP contribution in [0, 0.1) is 0 Å². The molecule has 1 aromatic carbocycles. The van der Waals surface area contributed by atoms with E-state index in [4.69, 9.17) is 0 Å². The second-order valence-corrected chi connectivity index (χ2v) is 4.90. The van der Waals surface area contributed by atoms with Crippen LogP contribution < -0.4 is 5.32 Å². The fourth-order valence-corrected chi connectivity index (χ4v) is 2.33. The second-order valence-electron chi connectivity index (χ2n) is 4.90. The van der Waals surface area contributed by atoms with Gasteiger partial charge in [-0.15, -0.1) is 0 Å². The van der Waals surface area contributed by atoms with Crippen LogP contribution >= 0.6 is 0 Å². The SMILES string of the molecule is CCCCNC(=O)c1cc2ccc3cccnc3c2[nH]1. The molecule has 0 aliphatic rings. The normalized spacial score (nSPS) is 11.1. The van der Waals surface area contributed by atoms with Crippen molar-refractivity contribution < 1.29 is 4.79 Å². The van der Waals surface area contributed by atoms with Crippen molar-refractivity contribution in [3.8, 4) is 0 Å². The van der Waals surface area contributed by atoms with E-state index in [0.717, 1.165) is 34.6 Å². The summed E-state index contributed by atoms with van der Waals surface area (Å²) in [7, 11) is 0. The quantitative estimate of drug-likeness (QED) is 0.713. The molecule has 3 rings (SSSR count). The van der Waals surface area contributed by atoms with Crippen LogP contribution in [0.3, 0.4) is 0 Å². The van der Waals surface area contributed by atoms with E-state index in [2.05, 4.69) is 22.2 Å². The predicted octanol–water partition coefficient (Wildman–Crippen LogP) is 3.25. The summed E-state index contributed by atoms with van der Waals surface area (Å²) in [6.45, 7) is 2.82. The minimum absolute atomic E-state index is 0.0567. The van der Waals surface area contributed by atoms with E-state index in [9.17, 15) is 4.79 Å². The molecule has 1 amide bonds. The maximum absolute atomic E-state index is 12.1. The highest BCUT2D eigenvalue weighted by molar-refractivity contribution is 6.07. The summed E-state index contributed by atoms with van der Waals surface area (Å²) in [4.78, 5) is 19.6. The van der Waals surface area contributed by atoms with Gasteiger partial charge in [0.2, 0.25) is 0 Å². The van der Waals surface area contributed by atoms with Crippen molar-refractivity contribution in [1.82, 2.24) is 15.3 Å². The molecule has 0 fully saturated rings. The maximum atomic E-state index is 12.1. The Morgan fingerprint density at radius 1 is 1.30 bits per heavy atom. The molecule has 0 saturated heterocycles. The van der Waals surface area contributed by atoms with Gasteiger partial charge >= 0.3 is 0 Å². The van der Waals surface area contributed by atoms with Gasteiger partial charge in [-0.2, -0.15) is 0 Å². The third-order valence-electron chi connectivity index (χ3n) is 3.43. The molecule has 0 unspecified atom stereocenters. The highest BCUT2D eigenvalue weighted by atomic mass is 16.1. The summed E-state index contributed by atoms with van der Waals surface area (Å²) in [5.41, 5.74) is 2.41. The number of amides is 1. The third kappa shape index (κ3) is 2.25. The zero-order chi connectivity index (χ0) is 13.9. The van der Waals surface area contributed by atoms with Gasteiger partial charge in [-0.05, 0) is 18.6 Å². The van der Waals surface area contributed by atoms with Crippen LogP contribution in [-0.4, -0.2) is 22.4 Å². The fourth-order valence-electron chi connectivity index (χ4n) is 2.33. The first kappa shape index (κ1) is 12.7. The van der Waals surface area contributed by atoms with Gasteiger partial charge in [0, 0.05) is 23.5 Å². The molecule has 2 heterocycles. The monoisotopic (exact) mass is 267 g/mol. The highest BCUT2D eigenvalue weighted by Gasteiger charge is 2.11. The van der Waals surface area contributed by atoms with E-state index in [0.29, 0.717) is 12.2 Å². The number of unbranched alkanes of at least 4 members (excludes halogenated alkanes) is 1. The van der Waals surface area contributed by atoms with Crippen molar-refractivity contribution in [1.29, 1.82) is 0 Å². The lowest BCUT2D eigenvalue weighted by Gasteiger charge is -2.01. The number of aromatic amines is 1. The van der Waals surface area contributed by atoms with Gasteiger partial charge in [-0.1, -0.05) is 31.5 Å². The molecule has 4 heteroatoms. The molecule has 0 aliphatic heterocycles. The molecule has 102 valence electrons. The zero-order valence-corrected chi connectivity index (χ0v) is 11.4. The number of H-pyrrole nitrogens is 1. The van der Waals surface area contributed by atoms with Crippen LogP contribution in [0.5, 0.6) is 0 Å². The van der Waals surface area contributed by atoms with Gasteiger partial charge in [0.1, 0.15) is 5.69 Å². The Labute approximate surface area is 117 Å². The van der Waals surface area contributed by atoms with E-state index in [1.165, 1.54) is 0 Å². The van der Waals surface area contributed by atoms with Crippen LogP contribution in [0.15, 0.2) is 36.5 Å². The molecular weight excluding hydrogens is 250 g/mol. The van der Waals surface area contributed by atoms with Gasteiger partial charge < -0.3 is 10.3 Å². The first-order valence-electron chi connectivity index (χ1n) is 6.94. The average molecular weight is 267 g/mol. The Morgan fingerprint density at radius 2 is 2.15 bits per heavy atom. The minimum Gasteiger partial charge on any atom is -0.351 e. The molecule has 0 radical (unpaired) electrons. The molecule has 0 spiro atoms. The van der Waals surface area contributed by atoms with Crippen LogP contribution in [0.4, 0.5) is 0 Å². The lowest BCUT2D eigenvalue weighted by atomic mass is 10.1. The second kappa shape index (κ2) is 5.33. The van der Waals surface area contributed by atoms with Crippen LogP contribution in [0.2, 0.25) is 0 Å². The summed E-state index contributed by atoms with van der Waals surface area (Å²) >= 11 is 0. The molecular formula is C16H17N3O. The van der Waals surface area contributed by atoms with Crippen LogP contribution in [0.1, 0.15) is 30.3 Å². The third-order valence-corrected chi connectivity index (χ3v) is 3.43. The summed E-state index contributed by atoms with van der Waals surface area (Å²) < 4.78 is 0. The van der Waals surface area contributed by atoms with Crippen molar-refractivity contribution in [2.24, 2.45) is 0 Å². The number of carbonyl (C=O) groups is 1. The number of aromatic nitrogens is 2. The molecule has 3 aromatic rings. The van der Waals surface area contributed by atoms with Gasteiger partial charge in [-0.25, -0.2) is 0 Å². The van der Waals surface area contributed by atoms with Gasteiger partial charge in [0.25, 0.3) is 5.91 Å². The number of pyridine rings is 1. The molecule has 2 aromatic heterocycles. The number of rotatable bonds is 4. The standard InChI is InChI=1S/C16H17N3O/c1-2-3-8-18-16(20)13-10-12-7-6-11-5-4-9-17-14(11)15(12)19-13/h4-7,9-10,19H,2-3,8H2,1H3,(H,18,20). The number of hydrogen-bond acceptors (Lipinski definition) is 2. The Balaban J connectivity index is 1.98.